The first kappa shape index (κ1) is 12.2. The molecule has 0 unspecified atom stereocenters. The maximum absolute atomic E-state index is 9.10. The minimum Gasteiger partial charge on any atom is -0.454 e. The second kappa shape index (κ2) is 5.38. The quantitative estimate of drug-likeness (QED) is 0.814. The molecule has 0 aromatic heterocycles. The van der Waals surface area contributed by atoms with Crippen LogP contribution in [0.5, 0.6) is 11.5 Å². The molecule has 1 aromatic rings. The molecule has 0 bridgehead atoms. The molecule has 0 saturated heterocycles. The Morgan fingerprint density at radius 3 is 3.00 bits per heavy atom. The van der Waals surface area contributed by atoms with Crippen molar-refractivity contribution in [3.8, 4) is 11.5 Å². The van der Waals surface area contributed by atoms with E-state index < -0.39 is 0 Å². The number of hydrogen-bond donors (Lipinski definition) is 2. The van der Waals surface area contributed by atoms with Gasteiger partial charge in [-0.1, -0.05) is 6.07 Å². The number of likely N-dealkylation sites (N-methyl/N-ethyl adjacent to an activating group) is 1. The zero-order valence-corrected chi connectivity index (χ0v) is 10.3. The van der Waals surface area contributed by atoms with E-state index in [1.54, 1.807) is 0 Å². The highest BCUT2D eigenvalue weighted by molar-refractivity contribution is 5.52. The smallest absolute Gasteiger partial charge is 0.231 e. The predicted molar refractivity (Wildman–Crippen MR) is 67.7 cm³/mol. The molecule has 2 N–H and O–H groups in total. The first-order chi connectivity index (χ1) is 8.26. The maximum Gasteiger partial charge on any atom is 0.231 e. The molecule has 4 heteroatoms. The van der Waals surface area contributed by atoms with Gasteiger partial charge in [-0.2, -0.15) is 0 Å². The standard InChI is InChI=1S/C13H19NO3.H2/c1-9(14-2)7-11-10(5-6-15)3-4-12-13(11)17-8-16-12;/h3-4,9,14-15H,5-8H2,1-2H3;1H/t9-;/m0./s1. The van der Waals surface area contributed by atoms with Crippen LogP contribution in [0.4, 0.5) is 0 Å². The summed E-state index contributed by atoms with van der Waals surface area (Å²) < 4.78 is 10.9. The average Bonchev–Trinajstić information content (AvgIpc) is 2.80. The topological polar surface area (TPSA) is 50.7 Å². The second-order valence-electron chi connectivity index (χ2n) is 4.30. The molecule has 0 fully saturated rings. The third-order valence-corrected chi connectivity index (χ3v) is 3.12. The fourth-order valence-electron chi connectivity index (χ4n) is 2.06. The maximum atomic E-state index is 9.10. The normalized spacial score (nSPS) is 15.0. The van der Waals surface area contributed by atoms with Crippen LogP contribution in [0.25, 0.3) is 0 Å². The lowest BCUT2D eigenvalue weighted by Crippen LogP contribution is -2.24. The van der Waals surface area contributed by atoms with Crippen LogP contribution in [0.15, 0.2) is 12.1 Å². The van der Waals surface area contributed by atoms with E-state index in [0.29, 0.717) is 19.3 Å². The van der Waals surface area contributed by atoms with Gasteiger partial charge in [-0.3, -0.25) is 0 Å². The van der Waals surface area contributed by atoms with Crippen molar-refractivity contribution in [2.24, 2.45) is 0 Å². The molecule has 1 heterocycles. The molecule has 1 atom stereocenters. The summed E-state index contributed by atoms with van der Waals surface area (Å²) >= 11 is 0. The minimum absolute atomic E-state index is 0. The molecule has 1 aliphatic heterocycles. The molecule has 1 aliphatic rings. The summed E-state index contributed by atoms with van der Waals surface area (Å²) in [5.74, 6) is 1.66. The Kier molecular flexibility index (Phi) is 3.86. The number of fused-ring (bicyclic) bond motifs is 1. The Hall–Kier alpha value is -1.26. The summed E-state index contributed by atoms with van der Waals surface area (Å²) in [4.78, 5) is 0. The van der Waals surface area contributed by atoms with Crippen LogP contribution in [-0.2, 0) is 12.8 Å². The Morgan fingerprint density at radius 2 is 2.29 bits per heavy atom. The van der Waals surface area contributed by atoms with Crippen LogP contribution >= 0.6 is 0 Å². The molecule has 96 valence electrons. The highest BCUT2D eigenvalue weighted by atomic mass is 16.7. The lowest BCUT2D eigenvalue weighted by Gasteiger charge is -2.15. The first-order valence-corrected chi connectivity index (χ1v) is 5.94. The van der Waals surface area contributed by atoms with Crippen molar-refractivity contribution in [3.63, 3.8) is 0 Å². The molecular formula is C13H21NO3. The van der Waals surface area contributed by atoms with Gasteiger partial charge in [0, 0.05) is 19.6 Å². The summed E-state index contributed by atoms with van der Waals surface area (Å²) in [6, 6.07) is 4.30. The van der Waals surface area contributed by atoms with Gasteiger partial charge in [-0.15, -0.1) is 0 Å². The predicted octanol–water partition coefficient (Wildman–Crippen LogP) is 1.35. The van der Waals surface area contributed by atoms with Crippen LogP contribution in [0.3, 0.4) is 0 Å². The van der Waals surface area contributed by atoms with Gasteiger partial charge in [0.25, 0.3) is 0 Å². The zero-order valence-electron chi connectivity index (χ0n) is 10.3. The Labute approximate surface area is 103 Å². The van der Waals surface area contributed by atoms with Gasteiger partial charge in [0.15, 0.2) is 11.5 Å². The van der Waals surface area contributed by atoms with E-state index in [-0.39, 0.29) is 8.03 Å². The minimum atomic E-state index is 0. The highest BCUT2D eigenvalue weighted by Crippen LogP contribution is 2.38. The fourth-order valence-corrected chi connectivity index (χ4v) is 2.06. The Bertz CT molecular complexity index is 398. The van der Waals surface area contributed by atoms with Crippen LogP contribution in [0, 0.1) is 0 Å². The lowest BCUT2D eigenvalue weighted by molar-refractivity contribution is 0.173. The van der Waals surface area contributed by atoms with Gasteiger partial charge < -0.3 is 19.9 Å². The van der Waals surface area contributed by atoms with E-state index in [2.05, 4.69) is 12.2 Å². The van der Waals surface area contributed by atoms with Gasteiger partial charge in [0.2, 0.25) is 6.79 Å². The summed E-state index contributed by atoms with van der Waals surface area (Å²) in [6.07, 6.45) is 1.53. The molecule has 1 aromatic carbocycles. The van der Waals surface area contributed by atoms with Gasteiger partial charge in [-0.05, 0) is 38.4 Å². The third kappa shape index (κ3) is 2.53. The van der Waals surface area contributed by atoms with Crippen molar-refractivity contribution in [2.75, 3.05) is 20.4 Å². The van der Waals surface area contributed by atoms with Crippen LogP contribution in [0.2, 0.25) is 0 Å². The summed E-state index contributed by atoms with van der Waals surface area (Å²) in [7, 11) is 1.94. The van der Waals surface area contributed by atoms with Gasteiger partial charge in [0.1, 0.15) is 0 Å². The third-order valence-electron chi connectivity index (χ3n) is 3.12. The number of benzene rings is 1. The summed E-state index contributed by atoms with van der Waals surface area (Å²) in [5.41, 5.74) is 2.29. The molecule has 0 spiro atoms. The zero-order chi connectivity index (χ0) is 12.3. The van der Waals surface area contributed by atoms with E-state index in [4.69, 9.17) is 14.6 Å². The number of rotatable bonds is 5. The van der Waals surface area contributed by atoms with E-state index in [1.165, 1.54) is 0 Å². The van der Waals surface area contributed by atoms with Crippen LogP contribution in [-0.4, -0.2) is 31.6 Å². The Morgan fingerprint density at radius 1 is 1.47 bits per heavy atom. The van der Waals surface area contributed by atoms with E-state index in [9.17, 15) is 0 Å². The molecule has 0 radical (unpaired) electrons. The molecular weight excluding hydrogens is 218 g/mol. The Balaban J connectivity index is 0.00000162. The van der Waals surface area contributed by atoms with Crippen molar-refractivity contribution >= 4 is 0 Å². The van der Waals surface area contributed by atoms with Crippen molar-refractivity contribution in [1.82, 2.24) is 5.32 Å². The average molecular weight is 239 g/mol. The van der Waals surface area contributed by atoms with Crippen LogP contribution < -0.4 is 14.8 Å². The van der Waals surface area contributed by atoms with Gasteiger partial charge >= 0.3 is 0 Å². The fraction of sp³-hybridized carbons (Fsp3) is 0.538. The van der Waals surface area contributed by atoms with Crippen molar-refractivity contribution in [2.45, 2.75) is 25.8 Å². The summed E-state index contributed by atoms with van der Waals surface area (Å²) in [5, 5.41) is 12.3. The number of aliphatic hydroxyl groups excluding tert-OH is 1. The number of aliphatic hydroxyl groups is 1. The van der Waals surface area contributed by atoms with Gasteiger partial charge in [-0.25, -0.2) is 0 Å². The van der Waals surface area contributed by atoms with E-state index in [1.807, 2.05) is 19.2 Å². The molecule has 2 rings (SSSR count). The van der Waals surface area contributed by atoms with Crippen LogP contribution in [0.1, 0.15) is 19.5 Å². The highest BCUT2D eigenvalue weighted by Gasteiger charge is 2.21. The van der Waals surface area contributed by atoms with Crippen molar-refractivity contribution in [1.29, 1.82) is 0 Å². The number of ether oxygens (including phenoxy) is 2. The van der Waals surface area contributed by atoms with E-state index >= 15 is 0 Å². The largest absolute Gasteiger partial charge is 0.454 e. The van der Waals surface area contributed by atoms with Gasteiger partial charge in [0.05, 0.1) is 0 Å². The van der Waals surface area contributed by atoms with Crippen molar-refractivity contribution in [3.05, 3.63) is 23.3 Å². The summed E-state index contributed by atoms with van der Waals surface area (Å²) in [6.45, 7) is 2.57. The SMILES string of the molecule is CN[C@@H](C)Cc1c(CCO)ccc2c1OCO2.[HH]. The molecule has 0 aliphatic carbocycles. The molecule has 0 amide bonds. The first-order valence-electron chi connectivity index (χ1n) is 5.94. The number of hydrogen-bond acceptors (Lipinski definition) is 4. The molecule has 4 nitrogen and oxygen atoms in total. The lowest BCUT2D eigenvalue weighted by atomic mass is 9.97. The molecule has 0 saturated carbocycles. The van der Waals surface area contributed by atoms with E-state index in [0.717, 1.165) is 29.0 Å². The monoisotopic (exact) mass is 239 g/mol. The number of nitrogens with one attached hydrogen (secondary N) is 1. The van der Waals surface area contributed by atoms with Crippen molar-refractivity contribution < 1.29 is 16.0 Å². The molecule has 17 heavy (non-hydrogen) atoms. The second-order valence-corrected chi connectivity index (χ2v) is 4.30.